The molecule has 0 saturated heterocycles. The summed E-state index contributed by atoms with van der Waals surface area (Å²) in [4.78, 5) is 16.2. The summed E-state index contributed by atoms with van der Waals surface area (Å²) in [6.45, 7) is 0.479. The van der Waals surface area contributed by atoms with E-state index in [2.05, 4.69) is 10.1 Å². The van der Waals surface area contributed by atoms with Gasteiger partial charge in [0.1, 0.15) is 13.2 Å². The zero-order chi connectivity index (χ0) is 20.4. The zero-order valence-electron chi connectivity index (χ0n) is 14.7. The molecule has 4 rings (SSSR count). The van der Waals surface area contributed by atoms with Crippen LogP contribution in [0.3, 0.4) is 0 Å². The van der Waals surface area contributed by atoms with Crippen LogP contribution in [0, 0.1) is 0 Å². The summed E-state index contributed by atoms with van der Waals surface area (Å²) >= 11 is 0. The van der Waals surface area contributed by atoms with Crippen LogP contribution in [0.15, 0.2) is 47.0 Å². The minimum Gasteiger partial charge on any atom is -0.486 e. The number of alkyl halides is 3. The minimum absolute atomic E-state index is 0.0403. The monoisotopic (exact) mass is 406 g/mol. The lowest BCUT2D eigenvalue weighted by atomic mass is 10.1. The van der Waals surface area contributed by atoms with Crippen LogP contribution in [-0.2, 0) is 17.5 Å². The van der Waals surface area contributed by atoms with Crippen molar-refractivity contribution in [2.45, 2.75) is 12.8 Å². The molecule has 0 aliphatic carbocycles. The Bertz CT molecular complexity index is 1050. The summed E-state index contributed by atoms with van der Waals surface area (Å²) in [5, 5.41) is 3.64. The Labute approximate surface area is 162 Å². The molecular weight excluding hydrogens is 393 g/mol. The number of esters is 1. The summed E-state index contributed by atoms with van der Waals surface area (Å²) < 4.78 is 59.3. The number of rotatable bonds is 4. The third kappa shape index (κ3) is 4.15. The van der Waals surface area contributed by atoms with Crippen molar-refractivity contribution in [3.8, 4) is 22.9 Å². The largest absolute Gasteiger partial charge is 0.486 e. The van der Waals surface area contributed by atoms with Crippen LogP contribution < -0.4 is 9.47 Å². The molecule has 7 nitrogen and oxygen atoms in total. The topological polar surface area (TPSA) is 83.7 Å². The summed E-state index contributed by atoms with van der Waals surface area (Å²) in [6, 6.07) is 9.15. The molecule has 0 spiro atoms. The molecule has 2 heterocycles. The number of hydrogen-bond acceptors (Lipinski definition) is 7. The predicted molar refractivity (Wildman–Crippen MR) is 91.3 cm³/mol. The Morgan fingerprint density at radius 1 is 1.07 bits per heavy atom. The van der Waals surface area contributed by atoms with E-state index in [1.165, 1.54) is 24.3 Å². The molecule has 1 aliphatic heterocycles. The van der Waals surface area contributed by atoms with Gasteiger partial charge in [0.2, 0.25) is 5.82 Å². The molecule has 0 atom stereocenters. The van der Waals surface area contributed by atoms with Gasteiger partial charge in [0.05, 0.1) is 11.1 Å². The van der Waals surface area contributed by atoms with Crippen molar-refractivity contribution >= 4 is 5.97 Å². The highest BCUT2D eigenvalue weighted by Crippen LogP contribution is 2.32. The van der Waals surface area contributed by atoms with Crippen molar-refractivity contribution in [1.82, 2.24) is 10.1 Å². The molecule has 0 N–H and O–H groups in total. The fourth-order valence-corrected chi connectivity index (χ4v) is 2.65. The minimum atomic E-state index is -4.48. The van der Waals surface area contributed by atoms with E-state index in [4.69, 9.17) is 18.7 Å². The summed E-state index contributed by atoms with van der Waals surface area (Å²) in [6.07, 6.45) is -4.48. The first-order chi connectivity index (χ1) is 13.9. The average Bonchev–Trinajstić information content (AvgIpc) is 3.20. The Balaban J connectivity index is 1.43. The molecule has 0 radical (unpaired) electrons. The number of benzene rings is 2. The highest BCUT2D eigenvalue weighted by atomic mass is 19.4. The van der Waals surface area contributed by atoms with Crippen molar-refractivity contribution < 1.29 is 36.7 Å². The molecule has 2 aromatic carbocycles. The molecule has 0 saturated carbocycles. The number of ether oxygens (including phenoxy) is 3. The van der Waals surface area contributed by atoms with Gasteiger partial charge >= 0.3 is 12.1 Å². The SMILES string of the molecule is O=C(OCc1nc(-c2cccc(C(F)(F)F)c2)no1)c1ccc2c(c1)OCCO2. The van der Waals surface area contributed by atoms with E-state index in [9.17, 15) is 18.0 Å². The lowest BCUT2D eigenvalue weighted by Gasteiger charge is -2.18. The van der Waals surface area contributed by atoms with E-state index in [-0.39, 0.29) is 29.4 Å². The van der Waals surface area contributed by atoms with Gasteiger partial charge in [0.25, 0.3) is 5.89 Å². The first-order valence-electron chi connectivity index (χ1n) is 8.47. The molecule has 1 aliphatic rings. The summed E-state index contributed by atoms with van der Waals surface area (Å²) in [5.41, 5.74) is -0.453. The fraction of sp³-hybridized carbons (Fsp3) is 0.211. The van der Waals surface area contributed by atoms with Gasteiger partial charge in [0.15, 0.2) is 18.1 Å². The van der Waals surface area contributed by atoms with Crippen molar-refractivity contribution in [3.63, 3.8) is 0 Å². The molecule has 0 bridgehead atoms. The van der Waals surface area contributed by atoms with E-state index in [0.29, 0.717) is 24.7 Å². The van der Waals surface area contributed by atoms with Gasteiger partial charge in [-0.15, -0.1) is 0 Å². The van der Waals surface area contributed by atoms with Crippen molar-refractivity contribution in [1.29, 1.82) is 0 Å². The van der Waals surface area contributed by atoms with E-state index in [1.54, 1.807) is 6.07 Å². The van der Waals surface area contributed by atoms with Crippen LogP contribution in [-0.4, -0.2) is 29.3 Å². The Morgan fingerprint density at radius 3 is 2.66 bits per heavy atom. The van der Waals surface area contributed by atoms with Gasteiger partial charge in [0, 0.05) is 5.56 Å². The number of fused-ring (bicyclic) bond motifs is 1. The van der Waals surface area contributed by atoms with Crippen LogP contribution in [0.25, 0.3) is 11.4 Å². The second-order valence-corrected chi connectivity index (χ2v) is 6.02. The number of aromatic nitrogens is 2. The number of halogens is 3. The highest BCUT2D eigenvalue weighted by Gasteiger charge is 2.30. The van der Waals surface area contributed by atoms with Gasteiger partial charge in [-0.1, -0.05) is 17.3 Å². The van der Waals surface area contributed by atoms with E-state index in [1.807, 2.05) is 0 Å². The second kappa shape index (κ2) is 7.46. The second-order valence-electron chi connectivity index (χ2n) is 6.02. The maximum Gasteiger partial charge on any atom is 0.416 e. The summed E-state index contributed by atoms with van der Waals surface area (Å²) in [5.74, 6) is 0.233. The Morgan fingerprint density at radius 2 is 1.86 bits per heavy atom. The lowest BCUT2D eigenvalue weighted by Crippen LogP contribution is -2.16. The Kier molecular flexibility index (Phi) is 4.83. The summed E-state index contributed by atoms with van der Waals surface area (Å²) in [7, 11) is 0. The molecule has 0 fully saturated rings. The van der Waals surface area contributed by atoms with Crippen molar-refractivity contribution in [3.05, 3.63) is 59.5 Å². The smallest absolute Gasteiger partial charge is 0.416 e. The molecule has 29 heavy (non-hydrogen) atoms. The number of carbonyl (C=O) groups is 1. The first kappa shape index (κ1) is 18.8. The quantitative estimate of drug-likeness (QED) is 0.608. The molecule has 3 aromatic rings. The molecule has 150 valence electrons. The number of carbonyl (C=O) groups excluding carboxylic acids is 1. The predicted octanol–water partition coefficient (Wildman–Crippen LogP) is 3.88. The van der Waals surface area contributed by atoms with Crippen LogP contribution >= 0.6 is 0 Å². The van der Waals surface area contributed by atoms with Crippen LogP contribution in [0.5, 0.6) is 11.5 Å². The number of nitrogens with zero attached hydrogens (tertiary/aromatic N) is 2. The molecule has 0 amide bonds. The fourth-order valence-electron chi connectivity index (χ4n) is 2.65. The molecule has 0 unspecified atom stereocenters. The maximum absolute atomic E-state index is 12.8. The van der Waals surface area contributed by atoms with Gasteiger partial charge in [-0.25, -0.2) is 4.79 Å². The van der Waals surface area contributed by atoms with Crippen LogP contribution in [0.2, 0.25) is 0 Å². The first-order valence-corrected chi connectivity index (χ1v) is 8.47. The number of hydrogen-bond donors (Lipinski definition) is 0. The van der Waals surface area contributed by atoms with E-state index >= 15 is 0 Å². The normalized spacial score (nSPS) is 13.2. The van der Waals surface area contributed by atoms with Crippen LogP contribution in [0.4, 0.5) is 13.2 Å². The third-order valence-electron chi connectivity index (χ3n) is 4.02. The highest BCUT2D eigenvalue weighted by molar-refractivity contribution is 5.90. The molecule has 1 aromatic heterocycles. The van der Waals surface area contributed by atoms with E-state index < -0.39 is 17.7 Å². The van der Waals surface area contributed by atoms with Crippen molar-refractivity contribution in [2.75, 3.05) is 13.2 Å². The van der Waals surface area contributed by atoms with Gasteiger partial charge < -0.3 is 18.7 Å². The Hall–Kier alpha value is -3.56. The van der Waals surface area contributed by atoms with E-state index in [0.717, 1.165) is 12.1 Å². The lowest BCUT2D eigenvalue weighted by molar-refractivity contribution is -0.137. The molecular formula is C19H13F3N2O5. The standard InChI is InChI=1S/C19H13F3N2O5/c20-19(21,22)13-3-1-2-11(8-13)17-23-16(29-24-17)10-28-18(25)12-4-5-14-15(9-12)27-7-6-26-14/h1-5,8-9H,6-7,10H2. The van der Waals surface area contributed by atoms with Crippen molar-refractivity contribution in [2.24, 2.45) is 0 Å². The van der Waals surface area contributed by atoms with Gasteiger partial charge in [-0.2, -0.15) is 18.2 Å². The van der Waals surface area contributed by atoms with Gasteiger partial charge in [-0.05, 0) is 30.3 Å². The average molecular weight is 406 g/mol. The van der Waals surface area contributed by atoms with Gasteiger partial charge in [-0.3, -0.25) is 0 Å². The third-order valence-corrected chi connectivity index (χ3v) is 4.02. The van der Waals surface area contributed by atoms with Crippen LogP contribution in [0.1, 0.15) is 21.8 Å². The maximum atomic E-state index is 12.8. The zero-order valence-corrected chi connectivity index (χ0v) is 14.7. The molecule has 10 heteroatoms.